The summed E-state index contributed by atoms with van der Waals surface area (Å²) in [5.74, 6) is 0.259. The number of piperazine rings is 1. The van der Waals surface area contributed by atoms with E-state index >= 15 is 0 Å². The Morgan fingerprint density at radius 1 is 1.03 bits per heavy atom. The summed E-state index contributed by atoms with van der Waals surface area (Å²) in [5, 5.41) is 15.6. The Bertz CT molecular complexity index is 1440. The molecule has 4 aromatic rings. The molecule has 0 radical (unpaired) electrons. The Morgan fingerprint density at radius 3 is 2.57 bits per heavy atom. The normalized spacial score (nSPS) is 13.8. The molecule has 5 rings (SSSR count). The molecule has 3 aromatic carbocycles. The Hall–Kier alpha value is -4.48. The number of carbonyl (C=O) groups is 1. The molecule has 1 aliphatic rings. The smallest absolute Gasteiger partial charge is 0.252 e. The van der Waals surface area contributed by atoms with E-state index in [1.807, 2.05) is 48.7 Å². The predicted molar refractivity (Wildman–Crippen MR) is 147 cm³/mol. The lowest BCUT2D eigenvalue weighted by molar-refractivity contribution is 0.0958. The van der Waals surface area contributed by atoms with Gasteiger partial charge in [-0.1, -0.05) is 43.3 Å². The molecule has 0 saturated carbocycles. The van der Waals surface area contributed by atoms with Crippen LogP contribution in [0.2, 0.25) is 0 Å². The number of fused-ring (bicyclic) bond motifs is 1. The number of aromatic nitrogens is 2. The number of para-hydroxylation sites is 1. The highest BCUT2D eigenvalue weighted by Crippen LogP contribution is 2.29. The average molecular weight is 492 g/mol. The lowest BCUT2D eigenvalue weighted by Crippen LogP contribution is -2.46. The zero-order valence-electron chi connectivity index (χ0n) is 20.8. The number of likely N-dealkylation sites (N-methyl/N-ethyl adjacent to an activating group) is 1. The molecular formula is C29H29N7O. The third-order valence-electron chi connectivity index (χ3n) is 6.68. The van der Waals surface area contributed by atoms with Crippen LogP contribution in [0.4, 0.5) is 17.3 Å². The van der Waals surface area contributed by atoms with Crippen LogP contribution in [0.5, 0.6) is 0 Å². The third-order valence-corrected chi connectivity index (χ3v) is 6.68. The van der Waals surface area contributed by atoms with Gasteiger partial charge in [-0.3, -0.25) is 4.79 Å². The quantitative estimate of drug-likeness (QED) is 0.369. The van der Waals surface area contributed by atoms with Crippen LogP contribution in [-0.4, -0.2) is 60.0 Å². The number of anilines is 3. The van der Waals surface area contributed by atoms with E-state index in [9.17, 15) is 4.79 Å². The van der Waals surface area contributed by atoms with Crippen molar-refractivity contribution in [2.24, 2.45) is 0 Å². The van der Waals surface area contributed by atoms with Gasteiger partial charge in [0.1, 0.15) is 6.54 Å². The van der Waals surface area contributed by atoms with Crippen molar-refractivity contribution in [3.05, 3.63) is 78.5 Å². The van der Waals surface area contributed by atoms with Gasteiger partial charge in [0.15, 0.2) is 0 Å². The zero-order valence-corrected chi connectivity index (χ0v) is 20.8. The van der Waals surface area contributed by atoms with Gasteiger partial charge in [-0.2, -0.15) is 5.26 Å². The summed E-state index contributed by atoms with van der Waals surface area (Å²) in [6, 6.07) is 23.6. The highest BCUT2D eigenvalue weighted by Gasteiger charge is 2.16. The molecule has 1 saturated heterocycles. The van der Waals surface area contributed by atoms with Gasteiger partial charge < -0.3 is 20.4 Å². The summed E-state index contributed by atoms with van der Waals surface area (Å²) in [6.07, 6.45) is 1.83. The molecule has 0 bridgehead atoms. The van der Waals surface area contributed by atoms with Gasteiger partial charge in [0, 0.05) is 60.3 Å². The first-order valence-corrected chi connectivity index (χ1v) is 12.5. The fourth-order valence-electron chi connectivity index (χ4n) is 4.60. The Morgan fingerprint density at radius 2 is 1.81 bits per heavy atom. The molecular weight excluding hydrogens is 462 g/mol. The fourth-order valence-corrected chi connectivity index (χ4v) is 4.60. The van der Waals surface area contributed by atoms with Crippen molar-refractivity contribution in [1.29, 1.82) is 5.26 Å². The van der Waals surface area contributed by atoms with Crippen LogP contribution in [-0.2, 0) is 0 Å². The van der Waals surface area contributed by atoms with Crippen LogP contribution in [0.25, 0.3) is 22.0 Å². The van der Waals surface area contributed by atoms with E-state index in [2.05, 4.69) is 50.5 Å². The van der Waals surface area contributed by atoms with Crippen molar-refractivity contribution in [2.75, 3.05) is 49.5 Å². The zero-order chi connectivity index (χ0) is 25.6. The van der Waals surface area contributed by atoms with E-state index in [1.54, 1.807) is 12.1 Å². The summed E-state index contributed by atoms with van der Waals surface area (Å²) < 4.78 is 0. The molecule has 2 heterocycles. The summed E-state index contributed by atoms with van der Waals surface area (Å²) in [7, 11) is 0. The van der Waals surface area contributed by atoms with E-state index < -0.39 is 0 Å². The number of carbonyl (C=O) groups excluding carboxylic acids is 1. The summed E-state index contributed by atoms with van der Waals surface area (Å²) in [6.45, 7) is 7.49. The number of nitrogens with one attached hydrogen (secondary N) is 2. The molecule has 1 amide bonds. The number of nitrogens with zero attached hydrogens (tertiary/aromatic N) is 5. The van der Waals surface area contributed by atoms with Gasteiger partial charge in [-0.15, -0.1) is 0 Å². The van der Waals surface area contributed by atoms with Crippen molar-refractivity contribution >= 4 is 34.1 Å². The summed E-state index contributed by atoms with van der Waals surface area (Å²) in [4.78, 5) is 26.4. The second kappa shape index (κ2) is 11.1. The SMILES string of the molecule is CCN1CCN(c2cccc(Nc3ncc4cccc(-c5ccc(C(=O)NCC#N)cc5)c4n3)c2)CC1. The molecule has 37 heavy (non-hydrogen) atoms. The van der Waals surface area contributed by atoms with E-state index in [1.165, 1.54) is 5.69 Å². The number of benzene rings is 3. The largest absolute Gasteiger partial charge is 0.369 e. The molecule has 1 aliphatic heterocycles. The van der Waals surface area contributed by atoms with E-state index in [4.69, 9.17) is 10.2 Å². The maximum Gasteiger partial charge on any atom is 0.252 e. The standard InChI is InChI=1S/C29H29N7O/c1-2-35-15-17-36(18-16-35)25-7-4-6-24(19-25)33-29-32-20-23-5-3-8-26(27(23)34-29)21-9-11-22(12-10-21)28(37)31-14-13-30/h3-12,19-20H,2,14-18H2,1H3,(H,31,37)(H,32,33,34). The molecule has 0 spiro atoms. The van der Waals surface area contributed by atoms with Crippen LogP contribution in [0.3, 0.4) is 0 Å². The van der Waals surface area contributed by atoms with Gasteiger partial charge in [0.25, 0.3) is 5.91 Å². The van der Waals surface area contributed by atoms with Gasteiger partial charge in [-0.05, 0) is 42.4 Å². The number of amides is 1. The third kappa shape index (κ3) is 5.52. The molecule has 2 N–H and O–H groups in total. The number of hydrogen-bond acceptors (Lipinski definition) is 7. The molecule has 0 unspecified atom stereocenters. The topological polar surface area (TPSA) is 97.2 Å². The monoisotopic (exact) mass is 491 g/mol. The highest BCUT2D eigenvalue weighted by molar-refractivity contribution is 5.97. The molecule has 1 aromatic heterocycles. The van der Waals surface area contributed by atoms with Crippen molar-refractivity contribution in [2.45, 2.75) is 6.92 Å². The first-order valence-electron chi connectivity index (χ1n) is 12.5. The highest BCUT2D eigenvalue weighted by atomic mass is 16.1. The van der Waals surface area contributed by atoms with E-state index in [-0.39, 0.29) is 12.5 Å². The van der Waals surface area contributed by atoms with Crippen molar-refractivity contribution < 1.29 is 4.79 Å². The van der Waals surface area contributed by atoms with Crippen LogP contribution in [0, 0.1) is 11.3 Å². The number of rotatable bonds is 7. The van der Waals surface area contributed by atoms with Crippen LogP contribution < -0.4 is 15.5 Å². The first kappa shape index (κ1) is 24.2. The summed E-state index contributed by atoms with van der Waals surface area (Å²) in [5.41, 5.74) is 5.37. The minimum Gasteiger partial charge on any atom is -0.369 e. The Balaban J connectivity index is 1.37. The molecule has 8 heteroatoms. The van der Waals surface area contributed by atoms with Crippen molar-refractivity contribution in [1.82, 2.24) is 20.2 Å². The number of hydrogen-bond donors (Lipinski definition) is 2. The van der Waals surface area contributed by atoms with Crippen LogP contribution in [0.15, 0.2) is 72.9 Å². The van der Waals surface area contributed by atoms with Gasteiger partial charge in [0.2, 0.25) is 5.95 Å². The average Bonchev–Trinajstić information content (AvgIpc) is 2.96. The fraction of sp³-hybridized carbons (Fsp3) is 0.241. The van der Waals surface area contributed by atoms with Gasteiger partial charge >= 0.3 is 0 Å². The van der Waals surface area contributed by atoms with Gasteiger partial charge in [0.05, 0.1) is 11.6 Å². The molecule has 8 nitrogen and oxygen atoms in total. The van der Waals surface area contributed by atoms with Crippen molar-refractivity contribution in [3.63, 3.8) is 0 Å². The Labute approximate surface area is 216 Å². The number of nitriles is 1. The van der Waals surface area contributed by atoms with E-state index in [0.29, 0.717) is 11.5 Å². The molecule has 1 fully saturated rings. The summed E-state index contributed by atoms with van der Waals surface area (Å²) >= 11 is 0. The second-order valence-electron chi connectivity index (χ2n) is 8.95. The maximum atomic E-state index is 12.1. The van der Waals surface area contributed by atoms with Gasteiger partial charge in [-0.25, -0.2) is 9.97 Å². The van der Waals surface area contributed by atoms with Crippen LogP contribution >= 0.6 is 0 Å². The minimum absolute atomic E-state index is 0.0188. The lowest BCUT2D eigenvalue weighted by Gasteiger charge is -2.35. The second-order valence-corrected chi connectivity index (χ2v) is 8.95. The lowest BCUT2D eigenvalue weighted by atomic mass is 10.0. The van der Waals surface area contributed by atoms with Crippen LogP contribution in [0.1, 0.15) is 17.3 Å². The Kier molecular flexibility index (Phi) is 7.24. The minimum atomic E-state index is -0.269. The molecule has 0 atom stereocenters. The molecule has 186 valence electrons. The first-order chi connectivity index (χ1) is 18.1. The maximum absolute atomic E-state index is 12.1. The van der Waals surface area contributed by atoms with Crippen molar-refractivity contribution in [3.8, 4) is 17.2 Å². The predicted octanol–water partition coefficient (Wildman–Crippen LogP) is 4.44. The molecule has 0 aliphatic carbocycles. The van der Waals surface area contributed by atoms with E-state index in [0.717, 1.165) is 60.4 Å².